The topological polar surface area (TPSA) is 90.9 Å². The highest BCUT2D eigenvalue weighted by molar-refractivity contribution is 7.80. The molecule has 1 aromatic heterocycles. The van der Waals surface area contributed by atoms with Crippen molar-refractivity contribution < 1.29 is 23.7 Å². The summed E-state index contributed by atoms with van der Waals surface area (Å²) in [5.41, 5.74) is 2.03. The summed E-state index contributed by atoms with van der Waals surface area (Å²) in [6.45, 7) is 0. The Morgan fingerprint density at radius 2 is 1.62 bits per heavy atom. The number of anilines is 1. The monoisotopic (exact) mass is 537 g/mol. The number of carbonyl (C=O) groups is 1. The van der Waals surface area contributed by atoms with E-state index in [1.807, 2.05) is 18.2 Å². The maximum absolute atomic E-state index is 12.4. The Bertz CT molecular complexity index is 1460. The summed E-state index contributed by atoms with van der Waals surface area (Å²) in [5, 5.41) is 6.85. The first-order valence-corrected chi connectivity index (χ1v) is 11.9. The Morgan fingerprint density at radius 3 is 2.35 bits per heavy atom. The molecule has 8 nitrogen and oxygen atoms in total. The molecular formula is C27H24ClN3O5S. The van der Waals surface area contributed by atoms with Gasteiger partial charge in [0.1, 0.15) is 17.2 Å². The first-order valence-electron chi connectivity index (χ1n) is 11.1. The molecule has 0 aliphatic heterocycles. The number of para-hydroxylation sites is 1. The van der Waals surface area contributed by atoms with Crippen LogP contribution in [0.2, 0.25) is 5.02 Å². The molecule has 0 bridgehead atoms. The first kappa shape index (κ1) is 26.0. The van der Waals surface area contributed by atoms with Gasteiger partial charge in [0.25, 0.3) is 0 Å². The average molecular weight is 538 g/mol. The Hall–Kier alpha value is -4.08. The fourth-order valence-corrected chi connectivity index (χ4v) is 4.12. The van der Waals surface area contributed by atoms with Crippen LogP contribution in [0.5, 0.6) is 28.7 Å². The van der Waals surface area contributed by atoms with Gasteiger partial charge in [-0.05, 0) is 48.6 Å². The van der Waals surface area contributed by atoms with E-state index in [2.05, 4.69) is 15.6 Å². The molecule has 0 spiro atoms. The molecule has 4 aromatic rings. The fraction of sp³-hybridized carbons (Fsp3) is 0.148. The van der Waals surface area contributed by atoms with Crippen molar-refractivity contribution >= 4 is 51.4 Å². The summed E-state index contributed by atoms with van der Waals surface area (Å²) in [4.78, 5) is 16.8. The Balaban J connectivity index is 1.44. The number of halogens is 1. The van der Waals surface area contributed by atoms with Crippen LogP contribution in [-0.2, 0) is 11.2 Å². The average Bonchev–Trinajstić information content (AvgIpc) is 2.89. The van der Waals surface area contributed by atoms with E-state index in [0.29, 0.717) is 45.0 Å². The van der Waals surface area contributed by atoms with Gasteiger partial charge in [0, 0.05) is 28.9 Å². The van der Waals surface area contributed by atoms with Crippen molar-refractivity contribution in [1.29, 1.82) is 0 Å². The van der Waals surface area contributed by atoms with Gasteiger partial charge in [0.15, 0.2) is 16.6 Å². The molecule has 0 aliphatic carbocycles. The Labute approximate surface area is 224 Å². The van der Waals surface area contributed by atoms with Crippen LogP contribution in [0.25, 0.3) is 10.9 Å². The number of fused-ring (bicyclic) bond motifs is 1. The second kappa shape index (κ2) is 11.8. The largest absolute Gasteiger partial charge is 0.496 e. The van der Waals surface area contributed by atoms with Gasteiger partial charge < -0.3 is 29.6 Å². The molecule has 10 heteroatoms. The predicted molar refractivity (Wildman–Crippen MR) is 147 cm³/mol. The summed E-state index contributed by atoms with van der Waals surface area (Å²) in [7, 11) is 4.69. The Morgan fingerprint density at radius 1 is 0.892 bits per heavy atom. The lowest BCUT2D eigenvalue weighted by Crippen LogP contribution is -2.35. The van der Waals surface area contributed by atoms with Crippen LogP contribution in [0.15, 0.2) is 66.9 Å². The lowest BCUT2D eigenvalue weighted by molar-refractivity contribution is -0.119. The van der Waals surface area contributed by atoms with Crippen LogP contribution < -0.4 is 29.6 Å². The van der Waals surface area contributed by atoms with E-state index >= 15 is 0 Å². The summed E-state index contributed by atoms with van der Waals surface area (Å²) in [6.07, 6.45) is 1.76. The molecule has 0 radical (unpaired) electrons. The Kier molecular flexibility index (Phi) is 8.27. The highest BCUT2D eigenvalue weighted by Crippen LogP contribution is 2.38. The molecule has 37 heavy (non-hydrogen) atoms. The summed E-state index contributed by atoms with van der Waals surface area (Å²) in [5.74, 6) is 2.47. The van der Waals surface area contributed by atoms with Gasteiger partial charge in [-0.1, -0.05) is 29.8 Å². The molecule has 2 N–H and O–H groups in total. The molecule has 0 saturated heterocycles. The number of benzene rings is 3. The molecule has 0 atom stereocenters. The second-order valence-corrected chi connectivity index (χ2v) is 8.59. The predicted octanol–water partition coefficient (Wildman–Crippen LogP) is 5.76. The van der Waals surface area contributed by atoms with E-state index in [4.69, 9.17) is 42.8 Å². The molecule has 1 heterocycles. The summed E-state index contributed by atoms with van der Waals surface area (Å²) in [6, 6.07) is 17.7. The van der Waals surface area contributed by atoms with Gasteiger partial charge in [0.05, 0.1) is 38.3 Å². The minimum absolute atomic E-state index is 0.121. The lowest BCUT2D eigenvalue weighted by atomic mass is 10.1. The molecule has 4 rings (SSSR count). The van der Waals surface area contributed by atoms with E-state index in [1.54, 1.807) is 70.0 Å². The molecule has 0 unspecified atom stereocenters. The van der Waals surface area contributed by atoms with E-state index in [0.717, 1.165) is 10.9 Å². The number of methoxy groups -OCH3 is 3. The van der Waals surface area contributed by atoms with Crippen molar-refractivity contribution in [3.63, 3.8) is 0 Å². The van der Waals surface area contributed by atoms with Gasteiger partial charge in [-0.25, -0.2) is 0 Å². The highest BCUT2D eigenvalue weighted by atomic mass is 35.5. The van der Waals surface area contributed by atoms with Crippen molar-refractivity contribution in [3.8, 4) is 28.7 Å². The third kappa shape index (κ3) is 6.19. The number of nitrogens with one attached hydrogen (secondary N) is 2. The van der Waals surface area contributed by atoms with Gasteiger partial charge in [0.2, 0.25) is 5.91 Å². The van der Waals surface area contributed by atoms with Crippen LogP contribution >= 0.6 is 23.8 Å². The van der Waals surface area contributed by atoms with Crippen LogP contribution in [0.3, 0.4) is 0 Å². The number of ether oxygens (including phenoxy) is 4. The van der Waals surface area contributed by atoms with E-state index < -0.39 is 0 Å². The normalized spacial score (nSPS) is 10.5. The SMILES string of the molecule is COc1ccccc1CC(=O)NC(=S)Nc1ccc(Oc2ccnc3cc(OC)c(OC)cc23)c(Cl)c1. The van der Waals surface area contributed by atoms with Crippen LogP contribution in [0.4, 0.5) is 5.69 Å². The van der Waals surface area contributed by atoms with Crippen molar-refractivity contribution in [2.75, 3.05) is 26.6 Å². The number of carbonyl (C=O) groups excluding carboxylic acids is 1. The number of rotatable bonds is 8. The number of thiocarbonyl (C=S) groups is 1. The molecule has 0 saturated carbocycles. The molecule has 1 amide bonds. The highest BCUT2D eigenvalue weighted by Gasteiger charge is 2.14. The molecule has 190 valence electrons. The maximum atomic E-state index is 12.4. The van der Waals surface area contributed by atoms with Crippen molar-refractivity contribution in [2.24, 2.45) is 0 Å². The zero-order valence-electron chi connectivity index (χ0n) is 20.3. The van der Waals surface area contributed by atoms with E-state index in [1.165, 1.54) is 0 Å². The van der Waals surface area contributed by atoms with Gasteiger partial charge in [-0.2, -0.15) is 0 Å². The number of nitrogens with zero attached hydrogens (tertiary/aromatic N) is 1. The van der Waals surface area contributed by atoms with Crippen molar-refractivity contribution in [1.82, 2.24) is 10.3 Å². The number of amides is 1. The summed E-state index contributed by atoms with van der Waals surface area (Å²) >= 11 is 11.8. The molecule has 3 aromatic carbocycles. The quantitative estimate of drug-likeness (QED) is 0.274. The van der Waals surface area contributed by atoms with Crippen LogP contribution in [-0.4, -0.2) is 37.3 Å². The van der Waals surface area contributed by atoms with E-state index in [-0.39, 0.29) is 17.4 Å². The number of hydrogen-bond donors (Lipinski definition) is 2. The molecule has 0 aliphatic rings. The smallest absolute Gasteiger partial charge is 0.230 e. The zero-order valence-corrected chi connectivity index (χ0v) is 21.9. The van der Waals surface area contributed by atoms with Crippen LogP contribution in [0.1, 0.15) is 5.56 Å². The van der Waals surface area contributed by atoms with Crippen LogP contribution in [0, 0.1) is 0 Å². The minimum Gasteiger partial charge on any atom is -0.496 e. The minimum atomic E-state index is -0.273. The van der Waals surface area contributed by atoms with E-state index in [9.17, 15) is 4.79 Å². The zero-order chi connectivity index (χ0) is 26.4. The summed E-state index contributed by atoms with van der Waals surface area (Å²) < 4.78 is 22.1. The molecular weight excluding hydrogens is 514 g/mol. The van der Waals surface area contributed by atoms with Crippen molar-refractivity contribution in [3.05, 3.63) is 77.4 Å². The number of pyridine rings is 1. The second-order valence-electron chi connectivity index (χ2n) is 7.77. The maximum Gasteiger partial charge on any atom is 0.230 e. The van der Waals surface area contributed by atoms with Gasteiger partial charge >= 0.3 is 0 Å². The molecule has 0 fully saturated rings. The van der Waals surface area contributed by atoms with Gasteiger partial charge in [-0.15, -0.1) is 0 Å². The fourth-order valence-electron chi connectivity index (χ4n) is 3.67. The number of hydrogen-bond acceptors (Lipinski definition) is 7. The third-order valence-electron chi connectivity index (χ3n) is 5.41. The lowest BCUT2D eigenvalue weighted by Gasteiger charge is -2.14. The first-order chi connectivity index (χ1) is 17.9. The van der Waals surface area contributed by atoms with Crippen molar-refractivity contribution in [2.45, 2.75) is 6.42 Å². The number of aromatic nitrogens is 1. The third-order valence-corrected chi connectivity index (χ3v) is 5.91. The standard InChI is InChI=1S/C27H24ClN3O5S/c1-33-21-7-5-4-6-16(21)12-26(32)31-27(37)30-17-8-9-23(19(28)13-17)36-22-10-11-29-20-15-25(35-3)24(34-2)14-18(20)22/h4-11,13-15H,12H2,1-3H3,(H2,30,31,32,37). The van der Waals surface area contributed by atoms with Gasteiger partial charge in [-0.3, -0.25) is 9.78 Å².